The van der Waals surface area contributed by atoms with Gasteiger partial charge in [0, 0.05) is 12.6 Å². The maximum atomic E-state index is 12.5. The predicted octanol–water partition coefficient (Wildman–Crippen LogP) is 1.03. The molecular weight excluding hydrogens is 244 g/mol. The van der Waals surface area contributed by atoms with E-state index in [1.165, 1.54) is 0 Å². The quantitative estimate of drug-likeness (QED) is 0.732. The number of nitrogens with one attached hydrogen (secondary N) is 1. The third kappa shape index (κ3) is 4.82. The lowest BCUT2D eigenvalue weighted by Gasteiger charge is -2.27. The number of rotatable bonds is 6. The van der Waals surface area contributed by atoms with E-state index in [9.17, 15) is 9.59 Å². The van der Waals surface area contributed by atoms with Crippen LogP contribution in [0.3, 0.4) is 0 Å². The molecule has 1 N–H and O–H groups in total. The molecule has 5 heteroatoms. The van der Waals surface area contributed by atoms with E-state index >= 15 is 0 Å². The van der Waals surface area contributed by atoms with Crippen LogP contribution < -0.4 is 5.32 Å². The zero-order chi connectivity index (χ0) is 14.4. The average molecular weight is 270 g/mol. The van der Waals surface area contributed by atoms with Crippen LogP contribution in [0.4, 0.5) is 0 Å². The van der Waals surface area contributed by atoms with E-state index in [0.717, 1.165) is 13.0 Å². The van der Waals surface area contributed by atoms with E-state index in [-0.39, 0.29) is 30.4 Å². The zero-order valence-corrected chi connectivity index (χ0v) is 12.4. The van der Waals surface area contributed by atoms with Crippen molar-refractivity contribution in [3.05, 3.63) is 0 Å². The molecule has 1 aliphatic heterocycles. The van der Waals surface area contributed by atoms with Gasteiger partial charge >= 0.3 is 5.97 Å². The number of amides is 1. The summed E-state index contributed by atoms with van der Waals surface area (Å²) >= 11 is 0. The van der Waals surface area contributed by atoms with Crippen molar-refractivity contribution in [3.63, 3.8) is 0 Å². The predicted molar refractivity (Wildman–Crippen MR) is 73.6 cm³/mol. The maximum absolute atomic E-state index is 12.5. The molecule has 110 valence electrons. The molecule has 1 rings (SSSR count). The molecule has 0 spiro atoms. The summed E-state index contributed by atoms with van der Waals surface area (Å²) in [4.78, 5) is 25.8. The molecule has 0 bridgehead atoms. The second-order valence-electron chi connectivity index (χ2n) is 5.56. The number of carbonyl (C=O) groups is 2. The van der Waals surface area contributed by atoms with Gasteiger partial charge < -0.3 is 15.0 Å². The second kappa shape index (κ2) is 7.48. The molecule has 1 fully saturated rings. The van der Waals surface area contributed by atoms with E-state index in [0.29, 0.717) is 19.1 Å². The molecule has 2 unspecified atom stereocenters. The first-order valence-electron chi connectivity index (χ1n) is 7.13. The van der Waals surface area contributed by atoms with Gasteiger partial charge in [-0.1, -0.05) is 13.8 Å². The van der Waals surface area contributed by atoms with Crippen molar-refractivity contribution in [1.29, 1.82) is 0 Å². The lowest BCUT2D eigenvalue weighted by atomic mass is 9.99. The highest BCUT2D eigenvalue weighted by atomic mass is 16.5. The Balaban J connectivity index is 2.66. The van der Waals surface area contributed by atoms with Crippen LogP contribution in [0.15, 0.2) is 0 Å². The summed E-state index contributed by atoms with van der Waals surface area (Å²) < 4.78 is 4.95. The number of carbonyl (C=O) groups excluding carboxylic acids is 2. The Labute approximate surface area is 115 Å². The standard InChI is InChI=1S/C14H26N2O3/c1-5-19-13(17)9-16(8-10(2)3)14(18)12-6-7-15-11(12)4/h10-12,15H,5-9H2,1-4H3. The van der Waals surface area contributed by atoms with Crippen molar-refractivity contribution in [2.75, 3.05) is 26.2 Å². The smallest absolute Gasteiger partial charge is 0.325 e. The van der Waals surface area contributed by atoms with E-state index in [1.54, 1.807) is 11.8 Å². The van der Waals surface area contributed by atoms with Crippen LogP contribution in [0.1, 0.15) is 34.1 Å². The molecule has 0 aromatic carbocycles. The van der Waals surface area contributed by atoms with Crippen LogP contribution in [0.5, 0.6) is 0 Å². The topological polar surface area (TPSA) is 58.6 Å². The van der Waals surface area contributed by atoms with Gasteiger partial charge in [0.2, 0.25) is 5.91 Å². The van der Waals surface area contributed by atoms with Gasteiger partial charge in [0.25, 0.3) is 0 Å². The molecule has 0 saturated carbocycles. The van der Waals surface area contributed by atoms with Gasteiger partial charge in [-0.3, -0.25) is 9.59 Å². The van der Waals surface area contributed by atoms with Crippen molar-refractivity contribution >= 4 is 11.9 Å². The van der Waals surface area contributed by atoms with E-state index in [1.807, 2.05) is 20.8 Å². The van der Waals surface area contributed by atoms with Crippen LogP contribution in [-0.4, -0.2) is 49.1 Å². The molecule has 0 aliphatic carbocycles. The van der Waals surface area contributed by atoms with Gasteiger partial charge in [-0.2, -0.15) is 0 Å². The second-order valence-corrected chi connectivity index (χ2v) is 5.56. The Morgan fingerprint density at radius 2 is 2.11 bits per heavy atom. The van der Waals surface area contributed by atoms with Crippen molar-refractivity contribution < 1.29 is 14.3 Å². The van der Waals surface area contributed by atoms with Crippen LogP contribution in [0, 0.1) is 11.8 Å². The molecule has 0 radical (unpaired) electrons. The number of nitrogens with zero attached hydrogens (tertiary/aromatic N) is 1. The third-order valence-electron chi connectivity index (χ3n) is 3.36. The summed E-state index contributed by atoms with van der Waals surface area (Å²) in [6.45, 7) is 9.76. The van der Waals surface area contributed by atoms with Crippen molar-refractivity contribution in [2.45, 2.75) is 40.2 Å². The Hall–Kier alpha value is -1.10. The van der Waals surface area contributed by atoms with Gasteiger partial charge in [-0.25, -0.2) is 0 Å². The molecule has 0 aromatic heterocycles. The summed E-state index contributed by atoms with van der Waals surface area (Å²) in [5.41, 5.74) is 0. The van der Waals surface area contributed by atoms with Crippen LogP contribution >= 0.6 is 0 Å². The van der Waals surface area contributed by atoms with Crippen molar-refractivity contribution in [3.8, 4) is 0 Å². The number of esters is 1. The van der Waals surface area contributed by atoms with Crippen LogP contribution in [-0.2, 0) is 14.3 Å². The summed E-state index contributed by atoms with van der Waals surface area (Å²) in [6, 6.07) is 0.185. The molecule has 1 aliphatic rings. The Morgan fingerprint density at radius 1 is 1.42 bits per heavy atom. The van der Waals surface area contributed by atoms with Crippen LogP contribution in [0.25, 0.3) is 0 Å². The minimum Gasteiger partial charge on any atom is -0.465 e. The number of hydrogen-bond acceptors (Lipinski definition) is 4. The Kier molecular flexibility index (Phi) is 6.28. The molecule has 1 heterocycles. The molecule has 5 nitrogen and oxygen atoms in total. The molecule has 2 atom stereocenters. The summed E-state index contributed by atoms with van der Waals surface area (Å²) in [5.74, 6) is 0.0607. The molecule has 0 aromatic rings. The first kappa shape index (κ1) is 16.0. The highest BCUT2D eigenvalue weighted by molar-refractivity contribution is 5.84. The third-order valence-corrected chi connectivity index (χ3v) is 3.36. The highest BCUT2D eigenvalue weighted by Crippen LogP contribution is 2.19. The van der Waals surface area contributed by atoms with Gasteiger partial charge in [0.1, 0.15) is 6.54 Å². The molecular formula is C14H26N2O3. The minimum atomic E-state index is -0.324. The van der Waals surface area contributed by atoms with Crippen LogP contribution in [0.2, 0.25) is 0 Å². The van der Waals surface area contributed by atoms with Crippen molar-refractivity contribution in [1.82, 2.24) is 10.2 Å². The lowest BCUT2D eigenvalue weighted by Crippen LogP contribution is -2.44. The molecule has 1 amide bonds. The van der Waals surface area contributed by atoms with E-state index in [4.69, 9.17) is 4.74 Å². The average Bonchev–Trinajstić information content (AvgIpc) is 2.73. The Morgan fingerprint density at radius 3 is 2.58 bits per heavy atom. The number of hydrogen-bond donors (Lipinski definition) is 1. The summed E-state index contributed by atoms with van der Waals surface area (Å²) in [5, 5.41) is 3.27. The summed E-state index contributed by atoms with van der Waals surface area (Å²) in [7, 11) is 0. The fourth-order valence-corrected chi connectivity index (χ4v) is 2.47. The fourth-order valence-electron chi connectivity index (χ4n) is 2.47. The first-order valence-corrected chi connectivity index (χ1v) is 7.13. The normalized spacial score (nSPS) is 22.6. The van der Waals surface area contributed by atoms with Crippen molar-refractivity contribution in [2.24, 2.45) is 11.8 Å². The maximum Gasteiger partial charge on any atom is 0.325 e. The zero-order valence-electron chi connectivity index (χ0n) is 12.4. The summed E-state index contributed by atoms with van der Waals surface area (Å²) in [6.07, 6.45) is 0.845. The van der Waals surface area contributed by atoms with Gasteiger partial charge in [-0.15, -0.1) is 0 Å². The minimum absolute atomic E-state index is 0.0202. The first-order chi connectivity index (χ1) is 8.95. The SMILES string of the molecule is CCOC(=O)CN(CC(C)C)C(=O)C1CCNC1C. The van der Waals surface area contributed by atoms with E-state index < -0.39 is 0 Å². The lowest BCUT2D eigenvalue weighted by molar-refractivity contribution is -0.150. The monoisotopic (exact) mass is 270 g/mol. The number of ether oxygens (including phenoxy) is 1. The molecule has 1 saturated heterocycles. The van der Waals surface area contributed by atoms with E-state index in [2.05, 4.69) is 5.32 Å². The van der Waals surface area contributed by atoms with Gasteiger partial charge in [-0.05, 0) is 32.7 Å². The Bertz CT molecular complexity index is 318. The fraction of sp³-hybridized carbons (Fsp3) is 0.857. The molecule has 19 heavy (non-hydrogen) atoms. The van der Waals surface area contributed by atoms with Gasteiger partial charge in [0.05, 0.1) is 12.5 Å². The highest BCUT2D eigenvalue weighted by Gasteiger charge is 2.33. The van der Waals surface area contributed by atoms with Gasteiger partial charge in [0.15, 0.2) is 0 Å². The largest absolute Gasteiger partial charge is 0.465 e.